The molecule has 0 unspecified atom stereocenters. The molecule has 0 radical (unpaired) electrons. The van der Waals surface area contributed by atoms with Gasteiger partial charge in [0, 0.05) is 27.7 Å². The lowest BCUT2D eigenvalue weighted by molar-refractivity contribution is -0.142. The zero-order valence-corrected chi connectivity index (χ0v) is 14.6. The highest BCUT2D eigenvalue weighted by Crippen LogP contribution is 2.10. The number of benzene rings is 2. The monoisotopic (exact) mass is 379 g/mol. The third-order valence-corrected chi connectivity index (χ3v) is 3.76. The van der Waals surface area contributed by atoms with Crippen molar-refractivity contribution < 1.29 is 19.1 Å². The molecular weight excluding hydrogens is 365 g/mol. The molecule has 1 N–H and O–H groups in total. The van der Waals surface area contributed by atoms with Crippen LogP contribution in [0.25, 0.3) is 0 Å². The fourth-order valence-electron chi connectivity index (χ4n) is 1.92. The number of Topliss-reactive ketones (excluding diaryl/α,β-unsaturated/α-hetero) is 1. The van der Waals surface area contributed by atoms with E-state index >= 15 is 0 Å². The fraction of sp³-hybridized carbons (Fsp3) is 0.167. The molecule has 2 aromatic rings. The topological polar surface area (TPSA) is 72.5 Å². The minimum Gasteiger partial charge on any atom is -0.457 e. The SMILES string of the molecule is O=C(CCNC(=O)c1ccc(Cl)cc1)OCC(=O)c1ccc(Cl)cc1. The van der Waals surface area contributed by atoms with Crippen molar-refractivity contribution in [3.63, 3.8) is 0 Å². The van der Waals surface area contributed by atoms with Gasteiger partial charge in [0.2, 0.25) is 0 Å². The van der Waals surface area contributed by atoms with Gasteiger partial charge in [0.05, 0.1) is 6.42 Å². The fourth-order valence-corrected chi connectivity index (χ4v) is 2.17. The maximum atomic E-state index is 11.9. The Morgan fingerprint density at radius 3 is 1.92 bits per heavy atom. The summed E-state index contributed by atoms with van der Waals surface area (Å²) in [4.78, 5) is 35.3. The van der Waals surface area contributed by atoms with Crippen molar-refractivity contribution in [1.29, 1.82) is 0 Å². The van der Waals surface area contributed by atoms with Gasteiger partial charge in [0.25, 0.3) is 5.91 Å². The van der Waals surface area contributed by atoms with Crippen LogP contribution in [0.4, 0.5) is 0 Å². The number of ether oxygens (including phenoxy) is 1. The molecule has 0 bridgehead atoms. The molecular formula is C18H15Cl2NO4. The van der Waals surface area contributed by atoms with Crippen molar-refractivity contribution >= 4 is 40.9 Å². The number of carbonyl (C=O) groups excluding carboxylic acids is 3. The second-order valence-corrected chi connectivity index (χ2v) is 5.98. The van der Waals surface area contributed by atoms with Gasteiger partial charge >= 0.3 is 5.97 Å². The Morgan fingerprint density at radius 2 is 1.36 bits per heavy atom. The first kappa shape index (κ1) is 19.0. The molecule has 0 atom stereocenters. The maximum Gasteiger partial charge on any atom is 0.308 e. The molecule has 0 aromatic heterocycles. The largest absolute Gasteiger partial charge is 0.457 e. The van der Waals surface area contributed by atoms with E-state index in [0.717, 1.165) is 0 Å². The summed E-state index contributed by atoms with van der Waals surface area (Å²) in [6, 6.07) is 12.7. The van der Waals surface area contributed by atoms with Crippen LogP contribution in [0.15, 0.2) is 48.5 Å². The van der Waals surface area contributed by atoms with E-state index in [0.29, 0.717) is 21.2 Å². The second kappa shape index (κ2) is 9.20. The molecule has 0 heterocycles. The van der Waals surface area contributed by atoms with Crippen LogP contribution >= 0.6 is 23.2 Å². The Bertz CT molecular complexity index is 758. The van der Waals surface area contributed by atoms with Crippen LogP contribution in [0.3, 0.4) is 0 Å². The predicted molar refractivity (Wildman–Crippen MR) is 95.1 cm³/mol. The average molecular weight is 380 g/mol. The molecule has 5 nitrogen and oxygen atoms in total. The van der Waals surface area contributed by atoms with Crippen LogP contribution < -0.4 is 5.32 Å². The third kappa shape index (κ3) is 6.21. The minimum absolute atomic E-state index is 0.0345. The smallest absolute Gasteiger partial charge is 0.308 e. The normalized spacial score (nSPS) is 10.2. The van der Waals surface area contributed by atoms with Gasteiger partial charge in [-0.25, -0.2) is 0 Å². The Hall–Kier alpha value is -2.37. The van der Waals surface area contributed by atoms with Crippen LogP contribution in [0.2, 0.25) is 10.0 Å². The zero-order chi connectivity index (χ0) is 18.2. The van der Waals surface area contributed by atoms with Crippen molar-refractivity contribution in [3.05, 3.63) is 69.7 Å². The molecule has 0 aliphatic rings. The van der Waals surface area contributed by atoms with E-state index in [-0.39, 0.29) is 31.3 Å². The first-order valence-corrected chi connectivity index (χ1v) is 8.19. The van der Waals surface area contributed by atoms with E-state index in [9.17, 15) is 14.4 Å². The summed E-state index contributed by atoms with van der Waals surface area (Å²) in [5.74, 6) is -1.21. The number of esters is 1. The molecule has 0 fully saturated rings. The van der Waals surface area contributed by atoms with Gasteiger partial charge in [-0.3, -0.25) is 14.4 Å². The number of hydrogen-bond donors (Lipinski definition) is 1. The van der Waals surface area contributed by atoms with Gasteiger partial charge in [-0.15, -0.1) is 0 Å². The van der Waals surface area contributed by atoms with E-state index in [1.165, 1.54) is 0 Å². The number of ketones is 1. The lowest BCUT2D eigenvalue weighted by Crippen LogP contribution is -2.27. The van der Waals surface area contributed by atoms with E-state index in [2.05, 4.69) is 5.32 Å². The molecule has 2 rings (SSSR count). The van der Waals surface area contributed by atoms with Gasteiger partial charge in [-0.2, -0.15) is 0 Å². The van der Waals surface area contributed by atoms with Crippen molar-refractivity contribution in [2.75, 3.05) is 13.2 Å². The predicted octanol–water partition coefficient (Wildman–Crippen LogP) is 3.54. The number of halogens is 2. The van der Waals surface area contributed by atoms with Gasteiger partial charge in [0.1, 0.15) is 0 Å². The third-order valence-electron chi connectivity index (χ3n) is 3.25. The lowest BCUT2D eigenvalue weighted by atomic mass is 10.1. The number of hydrogen-bond acceptors (Lipinski definition) is 4. The van der Waals surface area contributed by atoms with Crippen molar-refractivity contribution in [2.45, 2.75) is 6.42 Å². The molecule has 7 heteroatoms. The van der Waals surface area contributed by atoms with Crippen molar-refractivity contribution in [3.8, 4) is 0 Å². The van der Waals surface area contributed by atoms with E-state index < -0.39 is 5.97 Å². The molecule has 130 valence electrons. The maximum absolute atomic E-state index is 11.9. The molecule has 1 amide bonds. The summed E-state index contributed by atoms with van der Waals surface area (Å²) >= 11 is 11.5. The minimum atomic E-state index is -0.571. The Morgan fingerprint density at radius 1 is 0.840 bits per heavy atom. The average Bonchev–Trinajstić information content (AvgIpc) is 2.60. The van der Waals surface area contributed by atoms with Crippen LogP contribution in [-0.4, -0.2) is 30.8 Å². The first-order chi connectivity index (χ1) is 12.0. The van der Waals surface area contributed by atoms with Gasteiger partial charge in [0.15, 0.2) is 12.4 Å². The summed E-state index contributed by atoms with van der Waals surface area (Å²) in [6.45, 7) is -0.249. The molecule has 2 aromatic carbocycles. The van der Waals surface area contributed by atoms with Gasteiger partial charge < -0.3 is 10.1 Å². The first-order valence-electron chi connectivity index (χ1n) is 7.44. The van der Waals surface area contributed by atoms with Crippen LogP contribution in [-0.2, 0) is 9.53 Å². The van der Waals surface area contributed by atoms with Crippen molar-refractivity contribution in [2.24, 2.45) is 0 Å². The number of rotatable bonds is 7. The molecule has 25 heavy (non-hydrogen) atoms. The second-order valence-electron chi connectivity index (χ2n) is 5.10. The molecule has 0 saturated carbocycles. The Kier molecular flexibility index (Phi) is 6.98. The van der Waals surface area contributed by atoms with E-state index in [1.54, 1.807) is 48.5 Å². The summed E-state index contributed by atoms with van der Waals surface area (Å²) in [6.07, 6.45) is -0.0345. The lowest BCUT2D eigenvalue weighted by Gasteiger charge is -2.06. The highest BCUT2D eigenvalue weighted by atomic mass is 35.5. The standard InChI is InChI=1S/C18H15Cl2NO4/c19-14-5-1-12(2-6-14)16(22)11-25-17(23)9-10-21-18(24)13-3-7-15(20)8-4-13/h1-8H,9-11H2,(H,21,24). The van der Waals surface area contributed by atoms with Crippen LogP contribution in [0.1, 0.15) is 27.1 Å². The van der Waals surface area contributed by atoms with Gasteiger partial charge in [-0.1, -0.05) is 23.2 Å². The Balaban J connectivity index is 1.70. The summed E-state index contributed by atoms with van der Waals surface area (Å²) < 4.78 is 4.90. The number of carbonyl (C=O) groups is 3. The zero-order valence-electron chi connectivity index (χ0n) is 13.1. The van der Waals surface area contributed by atoms with Crippen LogP contribution in [0.5, 0.6) is 0 Å². The van der Waals surface area contributed by atoms with Gasteiger partial charge in [-0.05, 0) is 48.5 Å². The molecule has 0 aliphatic carbocycles. The highest BCUT2D eigenvalue weighted by Gasteiger charge is 2.11. The summed E-state index contributed by atoms with van der Waals surface area (Å²) in [7, 11) is 0. The summed E-state index contributed by atoms with van der Waals surface area (Å²) in [5.41, 5.74) is 0.851. The number of amides is 1. The molecule has 0 aliphatic heterocycles. The quantitative estimate of drug-likeness (QED) is 0.589. The van der Waals surface area contributed by atoms with E-state index in [1.807, 2.05) is 0 Å². The summed E-state index contributed by atoms with van der Waals surface area (Å²) in [5, 5.41) is 3.64. The van der Waals surface area contributed by atoms with Crippen LogP contribution in [0, 0.1) is 0 Å². The highest BCUT2D eigenvalue weighted by molar-refractivity contribution is 6.31. The van der Waals surface area contributed by atoms with Crippen molar-refractivity contribution in [1.82, 2.24) is 5.32 Å². The molecule has 0 saturated heterocycles. The number of nitrogens with one attached hydrogen (secondary N) is 1. The van der Waals surface area contributed by atoms with E-state index in [4.69, 9.17) is 27.9 Å². The molecule has 0 spiro atoms. The Labute approximate surface area is 154 Å².